The summed E-state index contributed by atoms with van der Waals surface area (Å²) in [6, 6.07) is 1.10. The summed E-state index contributed by atoms with van der Waals surface area (Å²) in [4.78, 5) is 12.1. The normalized spacial score (nSPS) is 18.6. The second-order valence-corrected chi connectivity index (χ2v) is 7.92. The van der Waals surface area contributed by atoms with Crippen LogP contribution in [0, 0.1) is 5.92 Å². The molecule has 0 aromatic carbocycles. The Kier molecular flexibility index (Phi) is 9.32. The number of unbranched alkanes of at least 4 members (excludes halogenated alkanes) is 1. The highest BCUT2D eigenvalue weighted by Crippen LogP contribution is 2.27. The van der Waals surface area contributed by atoms with Crippen LogP contribution in [0.1, 0.15) is 78.0 Å². The highest BCUT2D eigenvalue weighted by Gasteiger charge is 2.24. The maximum Gasteiger partial charge on any atom is 0.318 e. The monoisotopic (exact) mass is 376 g/mol. The zero-order valence-corrected chi connectivity index (χ0v) is 18.2. The molecular formula is C22H40N4O. The van der Waals surface area contributed by atoms with E-state index in [1.807, 2.05) is 0 Å². The molecule has 1 aromatic heterocycles. The second kappa shape index (κ2) is 11.5. The van der Waals surface area contributed by atoms with Crippen LogP contribution in [0.4, 0.5) is 5.82 Å². The van der Waals surface area contributed by atoms with E-state index in [0.717, 1.165) is 56.8 Å². The summed E-state index contributed by atoms with van der Waals surface area (Å²) in [6.45, 7) is 14.9. The molecule has 1 aliphatic rings. The van der Waals surface area contributed by atoms with Gasteiger partial charge in [0.25, 0.3) is 0 Å². The number of aryl methyl sites for hydroxylation is 1. The maximum absolute atomic E-state index is 6.06. The van der Waals surface area contributed by atoms with Crippen LogP contribution >= 0.6 is 0 Å². The predicted octanol–water partition coefficient (Wildman–Crippen LogP) is 4.38. The Bertz CT molecular complexity index is 563. The van der Waals surface area contributed by atoms with Crippen LogP contribution in [0.2, 0.25) is 0 Å². The minimum absolute atomic E-state index is 0.534. The number of piperazine rings is 1. The number of aromatic nitrogens is 2. The lowest BCUT2D eigenvalue weighted by Gasteiger charge is -2.35. The third kappa shape index (κ3) is 6.34. The molecule has 0 radical (unpaired) electrons. The topological polar surface area (TPSA) is 50.3 Å². The molecule has 27 heavy (non-hydrogen) atoms. The molecule has 1 N–H and O–H groups in total. The largest absolute Gasteiger partial charge is 0.463 e. The molecule has 154 valence electrons. The van der Waals surface area contributed by atoms with Gasteiger partial charge >= 0.3 is 6.01 Å². The number of ether oxygens (including phenoxy) is 1. The van der Waals surface area contributed by atoms with Crippen LogP contribution < -0.4 is 15.0 Å². The van der Waals surface area contributed by atoms with Gasteiger partial charge in [-0.1, -0.05) is 53.9 Å². The summed E-state index contributed by atoms with van der Waals surface area (Å²) in [5.41, 5.74) is 2.48. The molecule has 0 bridgehead atoms. The summed E-state index contributed by atoms with van der Waals surface area (Å²) < 4.78 is 6.06. The molecule has 2 rings (SSSR count). The standard InChI is InChI=1S/C22H40N4O/c1-6-10-12-17(5)16-27-22-24-20(9-4)19(11-7-2)21(25-22)26-14-13-23-18(8-3)15-26/h17-18,23H,6-16H2,1-5H3/t17-,18-/m0/s1. The Hall–Kier alpha value is -1.36. The lowest BCUT2D eigenvalue weighted by atomic mass is 10.1. The average molecular weight is 377 g/mol. The van der Waals surface area contributed by atoms with E-state index in [4.69, 9.17) is 14.7 Å². The first-order chi connectivity index (χ1) is 13.1. The smallest absolute Gasteiger partial charge is 0.318 e. The lowest BCUT2D eigenvalue weighted by molar-refractivity contribution is 0.231. The zero-order valence-electron chi connectivity index (χ0n) is 18.2. The van der Waals surface area contributed by atoms with Crippen molar-refractivity contribution in [2.24, 2.45) is 5.92 Å². The molecule has 2 heterocycles. The van der Waals surface area contributed by atoms with Crippen LogP contribution in [0.3, 0.4) is 0 Å². The van der Waals surface area contributed by atoms with E-state index in [1.54, 1.807) is 0 Å². The van der Waals surface area contributed by atoms with Crippen molar-refractivity contribution in [3.63, 3.8) is 0 Å². The van der Waals surface area contributed by atoms with E-state index < -0.39 is 0 Å². The molecule has 0 aliphatic carbocycles. The van der Waals surface area contributed by atoms with Crippen molar-refractivity contribution in [1.82, 2.24) is 15.3 Å². The summed E-state index contributed by atoms with van der Waals surface area (Å²) in [5.74, 6) is 1.65. The fourth-order valence-corrected chi connectivity index (χ4v) is 3.76. The van der Waals surface area contributed by atoms with Crippen LogP contribution in [-0.2, 0) is 12.8 Å². The van der Waals surface area contributed by atoms with E-state index in [9.17, 15) is 0 Å². The van der Waals surface area contributed by atoms with Gasteiger partial charge in [-0.15, -0.1) is 0 Å². The molecule has 1 fully saturated rings. The quantitative estimate of drug-likeness (QED) is 0.621. The van der Waals surface area contributed by atoms with Crippen molar-refractivity contribution in [2.75, 3.05) is 31.1 Å². The first kappa shape index (κ1) is 21.9. The van der Waals surface area contributed by atoms with Gasteiger partial charge in [0, 0.05) is 31.2 Å². The van der Waals surface area contributed by atoms with Crippen LogP contribution in [0.25, 0.3) is 0 Å². The van der Waals surface area contributed by atoms with Crippen molar-refractivity contribution >= 4 is 5.82 Å². The van der Waals surface area contributed by atoms with Gasteiger partial charge in [-0.3, -0.25) is 0 Å². The molecular weight excluding hydrogens is 336 g/mol. The van der Waals surface area contributed by atoms with Gasteiger partial charge in [0.1, 0.15) is 5.82 Å². The number of rotatable bonds is 11. The molecule has 5 heteroatoms. The van der Waals surface area contributed by atoms with Gasteiger partial charge in [-0.05, 0) is 31.6 Å². The summed E-state index contributed by atoms with van der Waals surface area (Å²) in [5, 5.41) is 3.61. The third-order valence-corrected chi connectivity index (χ3v) is 5.48. The lowest BCUT2D eigenvalue weighted by Crippen LogP contribution is -2.51. The van der Waals surface area contributed by atoms with Gasteiger partial charge < -0.3 is 15.0 Å². The van der Waals surface area contributed by atoms with E-state index >= 15 is 0 Å². The van der Waals surface area contributed by atoms with Crippen molar-refractivity contribution in [3.05, 3.63) is 11.3 Å². The van der Waals surface area contributed by atoms with Crippen molar-refractivity contribution in [2.45, 2.75) is 85.6 Å². The number of nitrogens with zero attached hydrogens (tertiary/aromatic N) is 3. The SMILES string of the molecule is CCCC[C@H](C)COc1nc(CC)c(CCC)c(N2CCN[C@@H](CC)C2)n1. The second-order valence-electron chi connectivity index (χ2n) is 7.92. The van der Waals surface area contributed by atoms with Crippen LogP contribution in [-0.4, -0.2) is 42.3 Å². The minimum Gasteiger partial charge on any atom is -0.463 e. The Morgan fingerprint density at radius 3 is 2.67 bits per heavy atom. The Morgan fingerprint density at radius 2 is 2.00 bits per heavy atom. The van der Waals surface area contributed by atoms with Gasteiger partial charge in [-0.25, -0.2) is 0 Å². The molecule has 1 aliphatic heterocycles. The Balaban J connectivity index is 2.23. The van der Waals surface area contributed by atoms with Crippen LogP contribution in [0.15, 0.2) is 0 Å². The fraction of sp³-hybridized carbons (Fsp3) is 0.818. The maximum atomic E-state index is 6.06. The van der Waals surface area contributed by atoms with E-state index in [-0.39, 0.29) is 0 Å². The van der Waals surface area contributed by atoms with E-state index in [0.29, 0.717) is 24.6 Å². The third-order valence-electron chi connectivity index (χ3n) is 5.48. The van der Waals surface area contributed by atoms with Gasteiger partial charge in [0.2, 0.25) is 0 Å². The highest BCUT2D eigenvalue weighted by atomic mass is 16.5. The number of anilines is 1. The van der Waals surface area contributed by atoms with Gasteiger partial charge in [0.05, 0.1) is 12.3 Å². The molecule has 1 saturated heterocycles. The highest BCUT2D eigenvalue weighted by molar-refractivity contribution is 5.51. The molecule has 0 saturated carbocycles. The van der Waals surface area contributed by atoms with Crippen molar-refractivity contribution in [1.29, 1.82) is 0 Å². The number of nitrogens with one attached hydrogen (secondary N) is 1. The first-order valence-electron chi connectivity index (χ1n) is 11.1. The van der Waals surface area contributed by atoms with Gasteiger partial charge in [0.15, 0.2) is 0 Å². The minimum atomic E-state index is 0.534. The Labute approximate surface area is 166 Å². The summed E-state index contributed by atoms with van der Waals surface area (Å²) >= 11 is 0. The Morgan fingerprint density at radius 1 is 1.19 bits per heavy atom. The molecule has 5 nitrogen and oxygen atoms in total. The molecule has 2 atom stereocenters. The van der Waals surface area contributed by atoms with Gasteiger partial charge in [-0.2, -0.15) is 9.97 Å². The van der Waals surface area contributed by atoms with Crippen molar-refractivity contribution in [3.8, 4) is 6.01 Å². The average Bonchev–Trinajstić information content (AvgIpc) is 2.71. The van der Waals surface area contributed by atoms with Crippen LogP contribution in [0.5, 0.6) is 6.01 Å². The van der Waals surface area contributed by atoms with E-state index in [1.165, 1.54) is 24.8 Å². The molecule has 0 spiro atoms. The van der Waals surface area contributed by atoms with E-state index in [2.05, 4.69) is 44.8 Å². The van der Waals surface area contributed by atoms with Crippen molar-refractivity contribution < 1.29 is 4.74 Å². The number of hydrogen-bond acceptors (Lipinski definition) is 5. The molecule has 1 aromatic rings. The molecule has 0 unspecified atom stereocenters. The first-order valence-corrected chi connectivity index (χ1v) is 11.1. The number of hydrogen-bond donors (Lipinski definition) is 1. The fourth-order valence-electron chi connectivity index (χ4n) is 3.76. The predicted molar refractivity (Wildman–Crippen MR) is 114 cm³/mol. The summed E-state index contributed by atoms with van der Waals surface area (Å²) in [6.07, 6.45) is 7.91. The molecule has 0 amide bonds. The zero-order chi connectivity index (χ0) is 19.6. The summed E-state index contributed by atoms with van der Waals surface area (Å²) in [7, 11) is 0.